The van der Waals surface area contributed by atoms with Gasteiger partial charge in [0, 0.05) is 5.56 Å². The van der Waals surface area contributed by atoms with E-state index in [9.17, 15) is 4.79 Å². The van der Waals surface area contributed by atoms with Crippen LogP contribution in [0.15, 0.2) is 36.7 Å². The van der Waals surface area contributed by atoms with Gasteiger partial charge >= 0.3 is 0 Å². The number of carbonyl (C=O) groups is 1. The zero-order valence-corrected chi connectivity index (χ0v) is 7.71. The lowest BCUT2D eigenvalue weighted by molar-refractivity contribution is 0.101. The van der Waals surface area contributed by atoms with Crippen LogP contribution in [0, 0.1) is 0 Å². The molecule has 0 aliphatic rings. The molecule has 0 bridgehead atoms. The minimum Gasteiger partial charge on any atom is -0.295 e. The quantitative estimate of drug-likeness (QED) is 0.669. The highest BCUT2D eigenvalue weighted by atomic mass is 16.1. The van der Waals surface area contributed by atoms with Crippen molar-refractivity contribution in [2.75, 3.05) is 0 Å². The van der Waals surface area contributed by atoms with Crippen molar-refractivity contribution in [2.24, 2.45) is 0 Å². The number of Topliss-reactive ketones (excluding diaryl/α,β-unsaturated/α-hetero) is 1. The van der Waals surface area contributed by atoms with Crippen LogP contribution in [0.5, 0.6) is 0 Å². The topological polar surface area (TPSA) is 47.8 Å². The summed E-state index contributed by atoms with van der Waals surface area (Å²) in [7, 11) is 0. The summed E-state index contributed by atoms with van der Waals surface area (Å²) in [5, 5.41) is 7.96. The first kappa shape index (κ1) is 8.62. The molecule has 0 saturated carbocycles. The third-order valence-electron chi connectivity index (χ3n) is 1.90. The molecular weight excluding hydrogens is 178 g/mol. The Bertz CT molecular complexity index is 448. The van der Waals surface area contributed by atoms with Gasteiger partial charge in [-0.25, -0.2) is 0 Å². The highest BCUT2D eigenvalue weighted by Gasteiger charge is 2.02. The van der Waals surface area contributed by atoms with Gasteiger partial charge in [-0.1, -0.05) is 12.1 Å². The highest BCUT2D eigenvalue weighted by molar-refractivity contribution is 5.94. The molecule has 4 nitrogen and oxygen atoms in total. The fourth-order valence-corrected chi connectivity index (χ4v) is 1.20. The summed E-state index contributed by atoms with van der Waals surface area (Å²) in [5.74, 6) is 0.0407. The van der Waals surface area contributed by atoms with Gasteiger partial charge in [0.1, 0.15) is 0 Å². The normalized spacial score (nSPS) is 10.1. The third kappa shape index (κ3) is 1.54. The smallest absolute Gasteiger partial charge is 0.159 e. The monoisotopic (exact) mass is 187 g/mol. The zero-order valence-electron chi connectivity index (χ0n) is 7.71. The van der Waals surface area contributed by atoms with Gasteiger partial charge in [-0.15, -0.1) is 0 Å². The Morgan fingerprint density at radius 1 is 1.29 bits per heavy atom. The number of ketones is 1. The van der Waals surface area contributed by atoms with E-state index in [2.05, 4.69) is 10.2 Å². The molecule has 0 unspecified atom stereocenters. The van der Waals surface area contributed by atoms with Gasteiger partial charge in [-0.2, -0.15) is 15.0 Å². The van der Waals surface area contributed by atoms with Crippen molar-refractivity contribution in [3.8, 4) is 5.69 Å². The minimum atomic E-state index is 0.0407. The molecule has 0 N–H and O–H groups in total. The van der Waals surface area contributed by atoms with Crippen molar-refractivity contribution in [1.29, 1.82) is 0 Å². The highest BCUT2D eigenvalue weighted by Crippen LogP contribution is 2.08. The summed E-state index contributed by atoms with van der Waals surface area (Å²) in [6.45, 7) is 1.54. The van der Waals surface area contributed by atoms with E-state index in [1.165, 1.54) is 11.7 Å². The van der Waals surface area contributed by atoms with Crippen LogP contribution < -0.4 is 0 Å². The maximum Gasteiger partial charge on any atom is 0.159 e. The molecule has 0 aliphatic heterocycles. The van der Waals surface area contributed by atoms with E-state index in [-0.39, 0.29) is 5.78 Å². The lowest BCUT2D eigenvalue weighted by Crippen LogP contribution is -2.00. The number of hydrogen-bond donors (Lipinski definition) is 0. The van der Waals surface area contributed by atoms with Crippen LogP contribution in [0.25, 0.3) is 5.69 Å². The van der Waals surface area contributed by atoms with E-state index in [0.29, 0.717) is 5.56 Å². The van der Waals surface area contributed by atoms with Crippen LogP contribution in [0.3, 0.4) is 0 Å². The van der Waals surface area contributed by atoms with E-state index in [1.54, 1.807) is 24.5 Å². The Labute approximate surface area is 81.2 Å². The van der Waals surface area contributed by atoms with E-state index in [0.717, 1.165) is 5.69 Å². The summed E-state index contributed by atoms with van der Waals surface area (Å²) < 4.78 is 0. The molecule has 0 saturated heterocycles. The number of benzene rings is 1. The molecule has 4 heteroatoms. The van der Waals surface area contributed by atoms with Crippen molar-refractivity contribution in [3.63, 3.8) is 0 Å². The first-order valence-corrected chi connectivity index (χ1v) is 4.25. The molecular formula is C10H9N3O. The first-order valence-electron chi connectivity index (χ1n) is 4.25. The van der Waals surface area contributed by atoms with Gasteiger partial charge in [0.2, 0.25) is 0 Å². The van der Waals surface area contributed by atoms with Crippen LogP contribution in [0.4, 0.5) is 0 Å². The standard InChI is InChI=1S/C10H9N3O/c1-8(14)9-3-2-4-10(7-9)13-11-5-6-12-13/h2-7H,1H3. The van der Waals surface area contributed by atoms with E-state index in [1.807, 2.05) is 12.1 Å². The molecule has 2 aromatic rings. The molecule has 1 aromatic carbocycles. The molecule has 0 fully saturated rings. The Morgan fingerprint density at radius 2 is 2.00 bits per heavy atom. The van der Waals surface area contributed by atoms with Gasteiger partial charge < -0.3 is 0 Å². The molecule has 0 atom stereocenters. The average Bonchev–Trinajstić information content (AvgIpc) is 2.71. The fourth-order valence-electron chi connectivity index (χ4n) is 1.20. The molecule has 2 rings (SSSR count). The molecule has 0 radical (unpaired) electrons. The van der Waals surface area contributed by atoms with Crippen molar-refractivity contribution in [2.45, 2.75) is 6.92 Å². The fraction of sp³-hybridized carbons (Fsp3) is 0.100. The van der Waals surface area contributed by atoms with Crippen molar-refractivity contribution in [1.82, 2.24) is 15.0 Å². The second-order valence-corrected chi connectivity index (χ2v) is 2.93. The van der Waals surface area contributed by atoms with Crippen LogP contribution in [0.2, 0.25) is 0 Å². The van der Waals surface area contributed by atoms with Gasteiger partial charge in [0.05, 0.1) is 18.1 Å². The molecule has 14 heavy (non-hydrogen) atoms. The maximum atomic E-state index is 11.1. The van der Waals surface area contributed by atoms with E-state index >= 15 is 0 Å². The second-order valence-electron chi connectivity index (χ2n) is 2.93. The predicted molar refractivity (Wildman–Crippen MR) is 51.4 cm³/mol. The van der Waals surface area contributed by atoms with Crippen LogP contribution >= 0.6 is 0 Å². The number of carbonyl (C=O) groups excluding carboxylic acids is 1. The van der Waals surface area contributed by atoms with Crippen LogP contribution in [0.1, 0.15) is 17.3 Å². The van der Waals surface area contributed by atoms with Crippen molar-refractivity contribution >= 4 is 5.78 Å². The van der Waals surface area contributed by atoms with Crippen molar-refractivity contribution in [3.05, 3.63) is 42.2 Å². The van der Waals surface area contributed by atoms with Gasteiger partial charge in [0.15, 0.2) is 5.78 Å². The number of rotatable bonds is 2. The molecule has 0 aliphatic carbocycles. The number of hydrogen-bond acceptors (Lipinski definition) is 3. The second kappa shape index (κ2) is 3.41. The number of nitrogens with zero attached hydrogens (tertiary/aromatic N) is 3. The van der Waals surface area contributed by atoms with E-state index < -0.39 is 0 Å². The van der Waals surface area contributed by atoms with E-state index in [4.69, 9.17) is 0 Å². The first-order chi connectivity index (χ1) is 6.77. The Kier molecular flexibility index (Phi) is 2.10. The van der Waals surface area contributed by atoms with Crippen LogP contribution in [-0.4, -0.2) is 20.8 Å². The van der Waals surface area contributed by atoms with Crippen molar-refractivity contribution < 1.29 is 4.79 Å². The summed E-state index contributed by atoms with van der Waals surface area (Å²) in [4.78, 5) is 12.6. The zero-order chi connectivity index (χ0) is 9.97. The van der Waals surface area contributed by atoms with Crippen LogP contribution in [-0.2, 0) is 0 Å². The molecule has 70 valence electrons. The Hall–Kier alpha value is -1.97. The molecule has 1 heterocycles. The third-order valence-corrected chi connectivity index (χ3v) is 1.90. The molecule has 0 amide bonds. The minimum absolute atomic E-state index is 0.0407. The lowest BCUT2D eigenvalue weighted by Gasteiger charge is -2.00. The summed E-state index contributed by atoms with van der Waals surface area (Å²) >= 11 is 0. The predicted octanol–water partition coefficient (Wildman–Crippen LogP) is 1.47. The molecule has 1 aromatic heterocycles. The van der Waals surface area contributed by atoms with Gasteiger partial charge in [0.25, 0.3) is 0 Å². The largest absolute Gasteiger partial charge is 0.295 e. The summed E-state index contributed by atoms with van der Waals surface area (Å²) in [5.41, 5.74) is 1.46. The summed E-state index contributed by atoms with van der Waals surface area (Å²) in [6.07, 6.45) is 3.20. The van der Waals surface area contributed by atoms with Gasteiger partial charge in [-0.3, -0.25) is 4.79 Å². The average molecular weight is 187 g/mol. The maximum absolute atomic E-state index is 11.1. The Morgan fingerprint density at radius 3 is 2.64 bits per heavy atom. The SMILES string of the molecule is CC(=O)c1cccc(-n2nccn2)c1. The Balaban J connectivity index is 2.46. The van der Waals surface area contributed by atoms with Gasteiger partial charge in [-0.05, 0) is 19.1 Å². The number of aromatic nitrogens is 3. The molecule has 0 spiro atoms. The lowest BCUT2D eigenvalue weighted by atomic mass is 10.1. The summed E-state index contributed by atoms with van der Waals surface area (Å²) in [6, 6.07) is 7.21.